The van der Waals surface area contributed by atoms with E-state index >= 15 is 0 Å². The Morgan fingerprint density at radius 3 is 2.10 bits per heavy atom. The van der Waals surface area contributed by atoms with Gasteiger partial charge < -0.3 is 20.1 Å². The Labute approximate surface area is 175 Å². The summed E-state index contributed by atoms with van der Waals surface area (Å²) in [4.78, 5) is 27.6. The van der Waals surface area contributed by atoms with Crippen LogP contribution in [0.4, 0.5) is 5.69 Å². The summed E-state index contributed by atoms with van der Waals surface area (Å²) in [5.74, 6) is 1.49. The highest BCUT2D eigenvalue weighted by molar-refractivity contribution is 5.91. The van der Waals surface area contributed by atoms with Gasteiger partial charge in [0, 0.05) is 31.0 Å². The second kappa shape index (κ2) is 10.6. The van der Waals surface area contributed by atoms with Crippen molar-refractivity contribution in [2.24, 2.45) is 0 Å². The van der Waals surface area contributed by atoms with Crippen LogP contribution in [0.3, 0.4) is 0 Å². The zero-order valence-corrected chi connectivity index (χ0v) is 16.6. The number of carbonyl (C=O) groups is 2. The molecule has 2 amide bonds. The van der Waals surface area contributed by atoms with E-state index in [2.05, 4.69) is 15.6 Å². The molecule has 3 aromatic rings. The molecular weight excluding hydrogens is 382 g/mol. The Morgan fingerprint density at radius 2 is 1.43 bits per heavy atom. The number of nitrogens with one attached hydrogen (secondary N) is 2. The summed E-state index contributed by atoms with van der Waals surface area (Å²) in [6.07, 6.45) is 3.35. The van der Waals surface area contributed by atoms with Gasteiger partial charge in [-0.15, -0.1) is 0 Å². The summed E-state index contributed by atoms with van der Waals surface area (Å²) in [6.45, 7) is 2.11. The van der Waals surface area contributed by atoms with E-state index in [9.17, 15) is 9.59 Å². The van der Waals surface area contributed by atoms with Crippen LogP contribution in [0.1, 0.15) is 12.0 Å². The highest BCUT2D eigenvalue weighted by Gasteiger charge is 2.06. The molecule has 0 aliphatic heterocycles. The van der Waals surface area contributed by atoms with Crippen molar-refractivity contribution in [3.63, 3.8) is 0 Å². The van der Waals surface area contributed by atoms with Crippen LogP contribution in [-0.4, -0.2) is 29.9 Å². The quantitative estimate of drug-likeness (QED) is 0.567. The van der Waals surface area contributed by atoms with Crippen LogP contribution in [-0.2, 0) is 9.59 Å². The second-order valence-corrected chi connectivity index (χ2v) is 6.56. The number of aryl methyl sites for hydroxylation is 1. The Bertz CT molecular complexity index is 958. The van der Waals surface area contributed by atoms with Crippen molar-refractivity contribution in [3.8, 4) is 17.2 Å². The Balaban J connectivity index is 1.35. The van der Waals surface area contributed by atoms with Gasteiger partial charge in [-0.05, 0) is 55.5 Å². The van der Waals surface area contributed by atoms with E-state index < -0.39 is 0 Å². The van der Waals surface area contributed by atoms with E-state index in [0.29, 0.717) is 17.2 Å². The first-order chi connectivity index (χ1) is 14.6. The van der Waals surface area contributed by atoms with Crippen LogP contribution in [0.5, 0.6) is 17.2 Å². The largest absolute Gasteiger partial charge is 0.484 e. The van der Waals surface area contributed by atoms with Crippen LogP contribution < -0.4 is 20.1 Å². The molecule has 3 rings (SSSR count). The van der Waals surface area contributed by atoms with Gasteiger partial charge in [0.1, 0.15) is 17.2 Å². The smallest absolute Gasteiger partial charge is 0.257 e. The molecule has 30 heavy (non-hydrogen) atoms. The van der Waals surface area contributed by atoms with Crippen molar-refractivity contribution in [1.82, 2.24) is 10.3 Å². The number of amides is 2. The lowest BCUT2D eigenvalue weighted by atomic mass is 10.2. The molecule has 0 aliphatic rings. The molecule has 0 saturated heterocycles. The third kappa shape index (κ3) is 6.94. The number of carbonyl (C=O) groups excluding carboxylic acids is 2. The maximum absolute atomic E-state index is 11.9. The van der Waals surface area contributed by atoms with Gasteiger partial charge in [0.05, 0.1) is 0 Å². The third-order valence-electron chi connectivity index (χ3n) is 4.09. The standard InChI is InChI=1S/C23H23N3O4/c1-17-2-4-20(5-3-17)30-21-8-6-19(7-9-21)29-16-23(28)25-15-12-22(27)26-18-10-13-24-14-11-18/h2-11,13-14H,12,15-16H2,1H3,(H,25,28)(H,24,26,27). The normalized spacial score (nSPS) is 10.2. The molecule has 1 aromatic heterocycles. The summed E-state index contributed by atoms with van der Waals surface area (Å²) in [5.41, 5.74) is 1.83. The predicted octanol–water partition coefficient (Wildman–Crippen LogP) is 3.71. The number of nitrogens with zero attached hydrogens (tertiary/aromatic N) is 1. The van der Waals surface area contributed by atoms with Crippen LogP contribution in [0.2, 0.25) is 0 Å². The zero-order valence-electron chi connectivity index (χ0n) is 16.6. The molecule has 0 spiro atoms. The van der Waals surface area contributed by atoms with E-state index in [4.69, 9.17) is 9.47 Å². The molecule has 1 heterocycles. The van der Waals surface area contributed by atoms with Crippen molar-refractivity contribution >= 4 is 17.5 Å². The molecule has 0 aliphatic carbocycles. The summed E-state index contributed by atoms with van der Waals surface area (Å²) in [5, 5.41) is 5.38. The van der Waals surface area contributed by atoms with Crippen molar-refractivity contribution < 1.29 is 19.1 Å². The van der Waals surface area contributed by atoms with Crippen molar-refractivity contribution in [2.45, 2.75) is 13.3 Å². The monoisotopic (exact) mass is 405 g/mol. The molecule has 0 bridgehead atoms. The highest BCUT2D eigenvalue weighted by Crippen LogP contribution is 2.24. The Kier molecular flexibility index (Phi) is 7.38. The number of hydrogen-bond acceptors (Lipinski definition) is 5. The van der Waals surface area contributed by atoms with Gasteiger partial charge in [-0.3, -0.25) is 14.6 Å². The van der Waals surface area contributed by atoms with Gasteiger partial charge in [0.2, 0.25) is 5.91 Å². The molecular formula is C23H23N3O4. The first-order valence-electron chi connectivity index (χ1n) is 9.52. The van der Waals surface area contributed by atoms with Gasteiger partial charge in [0.15, 0.2) is 6.61 Å². The Hall–Kier alpha value is -3.87. The lowest BCUT2D eigenvalue weighted by Crippen LogP contribution is -2.31. The van der Waals surface area contributed by atoms with Gasteiger partial charge in [-0.25, -0.2) is 0 Å². The highest BCUT2D eigenvalue weighted by atomic mass is 16.5. The van der Waals surface area contributed by atoms with Gasteiger partial charge in [0.25, 0.3) is 5.91 Å². The van der Waals surface area contributed by atoms with E-state index in [1.807, 2.05) is 31.2 Å². The van der Waals surface area contributed by atoms with Crippen molar-refractivity contribution in [3.05, 3.63) is 78.6 Å². The molecule has 0 fully saturated rings. The number of anilines is 1. The molecule has 2 aromatic carbocycles. The van der Waals surface area contributed by atoms with Gasteiger partial charge >= 0.3 is 0 Å². The summed E-state index contributed by atoms with van der Waals surface area (Å²) in [6, 6.07) is 18.2. The number of pyridine rings is 1. The Morgan fingerprint density at radius 1 is 0.833 bits per heavy atom. The fourth-order valence-electron chi connectivity index (χ4n) is 2.52. The minimum Gasteiger partial charge on any atom is -0.484 e. The average molecular weight is 405 g/mol. The first-order valence-corrected chi connectivity index (χ1v) is 9.52. The molecule has 2 N–H and O–H groups in total. The first kappa shape index (κ1) is 20.9. The number of ether oxygens (including phenoxy) is 2. The number of aromatic nitrogens is 1. The number of benzene rings is 2. The molecule has 154 valence electrons. The van der Waals surface area contributed by atoms with Crippen molar-refractivity contribution in [1.29, 1.82) is 0 Å². The van der Waals surface area contributed by atoms with Crippen LogP contribution in [0.15, 0.2) is 73.1 Å². The van der Waals surface area contributed by atoms with Gasteiger partial charge in [-0.2, -0.15) is 0 Å². The van der Waals surface area contributed by atoms with E-state index in [0.717, 1.165) is 5.75 Å². The van der Waals surface area contributed by atoms with E-state index in [1.54, 1.807) is 48.8 Å². The summed E-state index contributed by atoms with van der Waals surface area (Å²) in [7, 11) is 0. The van der Waals surface area contributed by atoms with Crippen LogP contribution >= 0.6 is 0 Å². The summed E-state index contributed by atoms with van der Waals surface area (Å²) >= 11 is 0. The van der Waals surface area contributed by atoms with Crippen LogP contribution in [0.25, 0.3) is 0 Å². The fourth-order valence-corrected chi connectivity index (χ4v) is 2.52. The third-order valence-corrected chi connectivity index (χ3v) is 4.09. The molecule has 0 radical (unpaired) electrons. The SMILES string of the molecule is Cc1ccc(Oc2ccc(OCC(=O)NCCC(=O)Nc3ccncc3)cc2)cc1. The predicted molar refractivity (Wildman–Crippen MR) is 114 cm³/mol. The topological polar surface area (TPSA) is 89.5 Å². The lowest BCUT2D eigenvalue weighted by Gasteiger charge is -2.09. The maximum Gasteiger partial charge on any atom is 0.257 e. The maximum atomic E-state index is 11.9. The van der Waals surface area contributed by atoms with Crippen LogP contribution in [0, 0.1) is 6.92 Å². The average Bonchev–Trinajstić information content (AvgIpc) is 2.75. The zero-order chi connectivity index (χ0) is 21.2. The van der Waals surface area contributed by atoms with E-state index in [-0.39, 0.29) is 31.4 Å². The molecule has 0 atom stereocenters. The molecule has 7 heteroatoms. The molecule has 0 saturated carbocycles. The minimum atomic E-state index is -0.299. The molecule has 7 nitrogen and oxygen atoms in total. The number of rotatable bonds is 9. The number of hydrogen-bond donors (Lipinski definition) is 2. The van der Waals surface area contributed by atoms with Crippen molar-refractivity contribution in [2.75, 3.05) is 18.5 Å². The molecule has 0 unspecified atom stereocenters. The van der Waals surface area contributed by atoms with Gasteiger partial charge in [-0.1, -0.05) is 17.7 Å². The second-order valence-electron chi connectivity index (χ2n) is 6.56. The summed E-state index contributed by atoms with van der Waals surface area (Å²) < 4.78 is 11.2. The minimum absolute atomic E-state index is 0.135. The van der Waals surface area contributed by atoms with E-state index in [1.165, 1.54) is 5.56 Å². The fraction of sp³-hybridized carbons (Fsp3) is 0.174. The lowest BCUT2D eigenvalue weighted by molar-refractivity contribution is -0.123.